The fourth-order valence-electron chi connectivity index (χ4n) is 2.88. The minimum atomic E-state index is -1.11. The number of hydrogen-bond acceptors (Lipinski definition) is 6. The normalized spacial score (nSPS) is 10.8. The zero-order chi connectivity index (χ0) is 22.4. The fraction of sp³-hybridized carbons (Fsp3) is 0.136. The number of carboxylic acid groups (broad SMARTS) is 1. The van der Waals surface area contributed by atoms with Gasteiger partial charge in [-0.1, -0.05) is 24.3 Å². The summed E-state index contributed by atoms with van der Waals surface area (Å²) < 4.78 is 16.3. The van der Waals surface area contributed by atoms with Crippen LogP contribution in [0.4, 0.5) is 0 Å². The molecule has 9 heteroatoms. The number of methoxy groups -OCH3 is 2. The maximum atomic E-state index is 12.6. The molecular formula is C22H19BrN2O6. The van der Waals surface area contributed by atoms with Gasteiger partial charge in [-0.2, -0.15) is 5.10 Å². The Kier molecular flexibility index (Phi) is 7.09. The van der Waals surface area contributed by atoms with E-state index in [9.17, 15) is 9.59 Å². The minimum Gasteiger partial charge on any atom is -0.496 e. The third-order valence-electron chi connectivity index (χ3n) is 4.28. The van der Waals surface area contributed by atoms with Crippen molar-refractivity contribution in [1.82, 2.24) is 5.43 Å². The van der Waals surface area contributed by atoms with Crippen molar-refractivity contribution in [1.29, 1.82) is 0 Å². The topological polar surface area (TPSA) is 106 Å². The van der Waals surface area contributed by atoms with E-state index >= 15 is 0 Å². The molecule has 0 saturated heterocycles. The molecule has 3 rings (SSSR count). The molecule has 0 aliphatic carbocycles. The SMILES string of the molecule is COc1cc2ccccc2cc1C(=O)NN=Cc1cc(Br)c(OCC(=O)O)c(OC)c1. The van der Waals surface area contributed by atoms with E-state index in [4.69, 9.17) is 19.3 Å². The summed E-state index contributed by atoms with van der Waals surface area (Å²) >= 11 is 3.32. The average Bonchev–Trinajstić information content (AvgIpc) is 2.76. The van der Waals surface area contributed by atoms with Gasteiger partial charge in [-0.15, -0.1) is 0 Å². The minimum absolute atomic E-state index is 0.256. The molecular weight excluding hydrogens is 468 g/mol. The van der Waals surface area contributed by atoms with Crippen LogP contribution in [0, 0.1) is 0 Å². The summed E-state index contributed by atoms with van der Waals surface area (Å²) in [5.74, 6) is -0.514. The van der Waals surface area contributed by atoms with E-state index in [-0.39, 0.29) is 5.75 Å². The highest BCUT2D eigenvalue weighted by molar-refractivity contribution is 9.10. The predicted molar refractivity (Wildman–Crippen MR) is 119 cm³/mol. The van der Waals surface area contributed by atoms with Crippen LogP contribution in [0.1, 0.15) is 15.9 Å². The lowest BCUT2D eigenvalue weighted by Crippen LogP contribution is -2.18. The van der Waals surface area contributed by atoms with Crippen LogP contribution in [-0.2, 0) is 4.79 Å². The van der Waals surface area contributed by atoms with Crippen molar-refractivity contribution in [2.75, 3.05) is 20.8 Å². The van der Waals surface area contributed by atoms with Crippen molar-refractivity contribution in [3.05, 3.63) is 64.1 Å². The van der Waals surface area contributed by atoms with Gasteiger partial charge in [0.1, 0.15) is 5.75 Å². The number of carbonyl (C=O) groups excluding carboxylic acids is 1. The van der Waals surface area contributed by atoms with Crippen molar-refractivity contribution in [2.24, 2.45) is 5.10 Å². The van der Waals surface area contributed by atoms with Gasteiger partial charge in [0, 0.05) is 0 Å². The van der Waals surface area contributed by atoms with Crippen molar-refractivity contribution in [3.63, 3.8) is 0 Å². The number of aliphatic carboxylic acids is 1. The second-order valence-corrected chi connectivity index (χ2v) is 7.17. The Bertz CT molecular complexity index is 1160. The second-order valence-electron chi connectivity index (χ2n) is 6.32. The van der Waals surface area contributed by atoms with Gasteiger partial charge in [-0.3, -0.25) is 4.79 Å². The molecule has 160 valence electrons. The number of rotatable bonds is 8. The van der Waals surface area contributed by atoms with Gasteiger partial charge < -0.3 is 19.3 Å². The van der Waals surface area contributed by atoms with Gasteiger partial charge in [0.25, 0.3) is 5.91 Å². The van der Waals surface area contributed by atoms with E-state index in [1.807, 2.05) is 24.3 Å². The summed E-state index contributed by atoms with van der Waals surface area (Å²) in [6.07, 6.45) is 1.43. The Balaban J connectivity index is 1.79. The van der Waals surface area contributed by atoms with Crippen LogP contribution in [-0.4, -0.2) is 44.0 Å². The highest BCUT2D eigenvalue weighted by Crippen LogP contribution is 2.36. The second kappa shape index (κ2) is 9.94. The number of carboxylic acids is 1. The van der Waals surface area contributed by atoms with Crippen molar-refractivity contribution >= 4 is 44.8 Å². The van der Waals surface area contributed by atoms with Crippen LogP contribution in [0.3, 0.4) is 0 Å². The Labute approximate surface area is 186 Å². The Hall–Kier alpha value is -3.59. The maximum absolute atomic E-state index is 12.6. The lowest BCUT2D eigenvalue weighted by molar-refractivity contribution is -0.139. The summed E-state index contributed by atoms with van der Waals surface area (Å²) in [5.41, 5.74) is 3.43. The lowest BCUT2D eigenvalue weighted by atomic mass is 10.1. The quantitative estimate of drug-likeness (QED) is 0.370. The van der Waals surface area contributed by atoms with E-state index in [1.54, 1.807) is 24.3 Å². The summed E-state index contributed by atoms with van der Waals surface area (Å²) in [6, 6.07) is 14.5. The zero-order valence-electron chi connectivity index (χ0n) is 16.7. The molecule has 1 amide bonds. The van der Waals surface area contributed by atoms with Gasteiger partial charge in [-0.25, -0.2) is 10.2 Å². The molecule has 8 nitrogen and oxygen atoms in total. The number of fused-ring (bicyclic) bond motifs is 1. The molecule has 0 heterocycles. The standard InChI is InChI=1S/C22H19BrN2O6/c1-29-18-10-15-6-4-3-5-14(15)9-16(18)22(28)25-24-11-13-7-17(23)21(19(8-13)30-2)31-12-20(26)27/h3-11H,12H2,1-2H3,(H,25,28)(H,26,27). The van der Waals surface area contributed by atoms with Crippen molar-refractivity contribution in [2.45, 2.75) is 0 Å². The molecule has 31 heavy (non-hydrogen) atoms. The first-order valence-corrected chi connectivity index (χ1v) is 9.84. The molecule has 0 unspecified atom stereocenters. The number of ether oxygens (including phenoxy) is 3. The monoisotopic (exact) mass is 486 g/mol. The Morgan fingerprint density at radius 1 is 1.06 bits per heavy atom. The van der Waals surface area contributed by atoms with E-state index in [0.29, 0.717) is 27.1 Å². The number of hydrazone groups is 1. The van der Waals surface area contributed by atoms with Gasteiger partial charge in [0.2, 0.25) is 0 Å². The third-order valence-corrected chi connectivity index (χ3v) is 4.87. The number of halogens is 1. The molecule has 0 fully saturated rings. The van der Waals surface area contributed by atoms with E-state index in [2.05, 4.69) is 26.5 Å². The fourth-order valence-corrected chi connectivity index (χ4v) is 3.45. The molecule has 3 aromatic carbocycles. The number of carbonyl (C=O) groups is 2. The first kappa shape index (κ1) is 22.1. The van der Waals surface area contributed by atoms with Crippen molar-refractivity contribution in [3.8, 4) is 17.2 Å². The molecule has 0 bridgehead atoms. The molecule has 0 aliphatic rings. The summed E-state index contributed by atoms with van der Waals surface area (Å²) in [7, 11) is 2.94. The number of nitrogens with zero attached hydrogens (tertiary/aromatic N) is 1. The third kappa shape index (κ3) is 5.32. The van der Waals surface area contributed by atoms with Gasteiger partial charge in [0.05, 0.1) is 30.5 Å². The molecule has 0 saturated carbocycles. The predicted octanol–water partition coefficient (Wildman–Crippen LogP) is 3.85. The van der Waals surface area contributed by atoms with Crippen LogP contribution in [0.2, 0.25) is 0 Å². The van der Waals surface area contributed by atoms with Crippen LogP contribution in [0.5, 0.6) is 17.2 Å². The number of nitrogens with one attached hydrogen (secondary N) is 1. The first-order chi connectivity index (χ1) is 14.9. The molecule has 0 aliphatic heterocycles. The summed E-state index contributed by atoms with van der Waals surface area (Å²) in [6.45, 7) is -0.508. The van der Waals surface area contributed by atoms with Crippen LogP contribution >= 0.6 is 15.9 Å². The Morgan fingerprint density at radius 3 is 2.39 bits per heavy atom. The Morgan fingerprint density at radius 2 is 1.74 bits per heavy atom. The zero-order valence-corrected chi connectivity index (χ0v) is 18.3. The molecule has 0 aromatic heterocycles. The first-order valence-electron chi connectivity index (χ1n) is 9.05. The number of amides is 1. The highest BCUT2D eigenvalue weighted by Gasteiger charge is 2.14. The van der Waals surface area contributed by atoms with Crippen LogP contribution in [0.25, 0.3) is 10.8 Å². The van der Waals surface area contributed by atoms with Gasteiger partial charge in [0.15, 0.2) is 18.1 Å². The van der Waals surface area contributed by atoms with E-state index in [0.717, 1.165) is 10.8 Å². The maximum Gasteiger partial charge on any atom is 0.341 e. The van der Waals surface area contributed by atoms with Gasteiger partial charge in [-0.05, 0) is 56.5 Å². The molecule has 2 N–H and O–H groups in total. The van der Waals surface area contributed by atoms with E-state index in [1.165, 1.54) is 20.4 Å². The summed E-state index contributed by atoms with van der Waals surface area (Å²) in [4.78, 5) is 23.4. The molecule has 0 atom stereocenters. The van der Waals surface area contributed by atoms with Crippen molar-refractivity contribution < 1.29 is 28.9 Å². The van der Waals surface area contributed by atoms with Crippen LogP contribution < -0.4 is 19.6 Å². The average molecular weight is 487 g/mol. The highest BCUT2D eigenvalue weighted by atomic mass is 79.9. The number of benzene rings is 3. The lowest BCUT2D eigenvalue weighted by Gasteiger charge is -2.12. The van der Waals surface area contributed by atoms with Crippen LogP contribution in [0.15, 0.2) is 58.1 Å². The number of hydrogen-bond donors (Lipinski definition) is 2. The smallest absolute Gasteiger partial charge is 0.341 e. The van der Waals surface area contributed by atoms with Gasteiger partial charge >= 0.3 is 5.97 Å². The molecule has 0 spiro atoms. The molecule has 0 radical (unpaired) electrons. The largest absolute Gasteiger partial charge is 0.496 e. The van der Waals surface area contributed by atoms with E-state index < -0.39 is 18.5 Å². The molecule has 3 aromatic rings. The summed E-state index contributed by atoms with van der Waals surface area (Å²) in [5, 5.41) is 14.7.